The van der Waals surface area contributed by atoms with E-state index in [1.54, 1.807) is 32.1 Å². The van der Waals surface area contributed by atoms with E-state index >= 15 is 0 Å². The van der Waals surface area contributed by atoms with Crippen molar-refractivity contribution >= 4 is 23.3 Å². The molecule has 30 heavy (non-hydrogen) atoms. The molecule has 1 fully saturated rings. The molecule has 3 rings (SSSR count). The van der Waals surface area contributed by atoms with Crippen LogP contribution in [-0.4, -0.2) is 51.3 Å². The summed E-state index contributed by atoms with van der Waals surface area (Å²) in [7, 11) is 0. The number of hydrogen-bond donors (Lipinski definition) is 2. The zero-order valence-corrected chi connectivity index (χ0v) is 18.8. The molecule has 2 unspecified atom stereocenters. The fourth-order valence-corrected chi connectivity index (χ4v) is 4.29. The Labute approximate surface area is 181 Å². The van der Waals surface area contributed by atoms with Gasteiger partial charge in [-0.15, -0.1) is 11.3 Å². The van der Waals surface area contributed by atoms with Crippen LogP contribution >= 0.6 is 11.3 Å². The van der Waals surface area contributed by atoms with Crippen LogP contribution in [0.25, 0.3) is 10.4 Å². The zero-order valence-electron chi connectivity index (χ0n) is 18.0. The van der Waals surface area contributed by atoms with Gasteiger partial charge < -0.3 is 15.2 Å². The number of hydrogen-bond acceptors (Lipinski definition) is 6. The van der Waals surface area contributed by atoms with Gasteiger partial charge in [-0.05, 0) is 45.7 Å². The Morgan fingerprint density at radius 1 is 1.30 bits per heavy atom. The number of aromatic nitrogens is 1. The molecule has 162 valence electrons. The average Bonchev–Trinajstić information content (AvgIpc) is 3.26. The number of nitrogens with one attached hydrogen (secondary N) is 1. The third-order valence-electron chi connectivity index (χ3n) is 4.99. The van der Waals surface area contributed by atoms with Crippen LogP contribution in [0, 0.1) is 6.92 Å². The molecule has 3 atom stereocenters. The topological polar surface area (TPSA) is 91.8 Å². The first-order chi connectivity index (χ1) is 14.0. The summed E-state index contributed by atoms with van der Waals surface area (Å²) in [5.41, 5.74) is 4.20. The number of amides is 2. The summed E-state index contributed by atoms with van der Waals surface area (Å²) in [6.45, 7) is 9.28. The third kappa shape index (κ3) is 5.17. The molecule has 0 radical (unpaired) electrons. The number of β-amino-alcohol motifs (C(OH)–C–C–N with tert-alkyl or cyclic N) is 1. The van der Waals surface area contributed by atoms with Crippen LogP contribution in [-0.2, 0) is 9.53 Å². The maximum Gasteiger partial charge on any atom is 0.411 e. The van der Waals surface area contributed by atoms with Crippen LogP contribution in [0.4, 0.5) is 4.79 Å². The van der Waals surface area contributed by atoms with E-state index in [1.807, 2.05) is 43.6 Å². The standard InChI is InChI=1S/C22H29N3O4S/c1-13(15-6-8-16(9-7-15)19-14(2)23-12-30-19)24-20(27)18-10-17(26)11-25(18)21(28)29-22(3,4)5/h6-9,12-13,17-18,26H,10-11H2,1-5H3,(H,24,27)/t13?,17?,18-/m0/s1. The molecule has 0 spiro atoms. The Hall–Kier alpha value is -2.45. The molecule has 7 nitrogen and oxygen atoms in total. The molecular formula is C22H29N3O4S. The van der Waals surface area contributed by atoms with Crippen molar-refractivity contribution in [2.75, 3.05) is 6.54 Å². The quantitative estimate of drug-likeness (QED) is 0.771. The van der Waals surface area contributed by atoms with E-state index in [1.165, 1.54) is 4.90 Å². The van der Waals surface area contributed by atoms with Crippen LogP contribution in [0.15, 0.2) is 29.8 Å². The molecular weight excluding hydrogens is 402 g/mol. The number of aliphatic hydroxyl groups excluding tert-OH is 1. The van der Waals surface area contributed by atoms with Gasteiger partial charge >= 0.3 is 6.09 Å². The molecule has 1 aliphatic heterocycles. The van der Waals surface area contributed by atoms with Crippen molar-refractivity contribution < 1.29 is 19.4 Å². The maximum absolute atomic E-state index is 12.9. The van der Waals surface area contributed by atoms with Crippen LogP contribution < -0.4 is 5.32 Å². The summed E-state index contributed by atoms with van der Waals surface area (Å²) in [6, 6.07) is 7.00. The number of likely N-dealkylation sites (tertiary alicyclic amines) is 1. The van der Waals surface area contributed by atoms with Gasteiger partial charge in [-0.3, -0.25) is 9.69 Å². The fourth-order valence-electron chi connectivity index (χ4n) is 3.48. The van der Waals surface area contributed by atoms with Gasteiger partial charge in [0, 0.05) is 6.42 Å². The SMILES string of the molecule is Cc1ncsc1-c1ccc(C(C)NC(=O)[C@@H]2CC(O)CN2C(=O)OC(C)(C)C)cc1. The number of aryl methyl sites for hydroxylation is 1. The normalized spacial score (nSPS) is 20.1. The second kappa shape index (κ2) is 8.73. The first kappa shape index (κ1) is 22.2. The minimum absolute atomic E-state index is 0.0876. The molecule has 1 aromatic carbocycles. The summed E-state index contributed by atoms with van der Waals surface area (Å²) in [4.78, 5) is 32.1. The number of carbonyl (C=O) groups excluding carboxylic acids is 2. The lowest BCUT2D eigenvalue weighted by Gasteiger charge is -2.28. The highest BCUT2D eigenvalue weighted by atomic mass is 32.1. The third-order valence-corrected chi connectivity index (χ3v) is 5.96. The Balaban J connectivity index is 1.66. The molecule has 2 amide bonds. The summed E-state index contributed by atoms with van der Waals surface area (Å²) in [5.74, 6) is -0.299. The minimum Gasteiger partial charge on any atom is -0.444 e. The molecule has 1 aliphatic rings. The van der Waals surface area contributed by atoms with Crippen molar-refractivity contribution in [2.24, 2.45) is 0 Å². The molecule has 2 aromatic rings. The lowest BCUT2D eigenvalue weighted by molar-refractivity contribution is -0.126. The van der Waals surface area contributed by atoms with E-state index in [0.717, 1.165) is 21.7 Å². The van der Waals surface area contributed by atoms with Crippen molar-refractivity contribution in [1.82, 2.24) is 15.2 Å². The van der Waals surface area contributed by atoms with Crippen molar-refractivity contribution in [1.29, 1.82) is 0 Å². The highest BCUT2D eigenvalue weighted by molar-refractivity contribution is 7.13. The highest BCUT2D eigenvalue weighted by Crippen LogP contribution is 2.28. The van der Waals surface area contributed by atoms with E-state index in [4.69, 9.17) is 4.74 Å². The monoisotopic (exact) mass is 431 g/mol. The van der Waals surface area contributed by atoms with Crippen LogP contribution in [0.1, 0.15) is 51.4 Å². The number of thiazole rings is 1. The molecule has 1 aromatic heterocycles. The first-order valence-electron chi connectivity index (χ1n) is 10.0. The largest absolute Gasteiger partial charge is 0.444 e. The zero-order chi connectivity index (χ0) is 22.1. The minimum atomic E-state index is -0.753. The van der Waals surface area contributed by atoms with E-state index in [2.05, 4.69) is 10.3 Å². The second-order valence-corrected chi connectivity index (χ2v) is 9.51. The summed E-state index contributed by atoms with van der Waals surface area (Å²) in [5, 5.41) is 13.0. The van der Waals surface area contributed by atoms with Crippen molar-refractivity contribution in [3.05, 3.63) is 41.0 Å². The maximum atomic E-state index is 12.9. The van der Waals surface area contributed by atoms with Gasteiger partial charge in [0.25, 0.3) is 0 Å². The van der Waals surface area contributed by atoms with Gasteiger partial charge in [-0.1, -0.05) is 24.3 Å². The number of aliphatic hydroxyl groups is 1. The van der Waals surface area contributed by atoms with Gasteiger partial charge in [0.15, 0.2) is 0 Å². The van der Waals surface area contributed by atoms with E-state index in [0.29, 0.717) is 0 Å². The van der Waals surface area contributed by atoms with E-state index in [9.17, 15) is 14.7 Å². The first-order valence-corrected chi connectivity index (χ1v) is 10.9. The molecule has 2 heterocycles. The van der Waals surface area contributed by atoms with E-state index < -0.39 is 23.8 Å². The Bertz CT molecular complexity index is 904. The molecule has 2 N–H and O–H groups in total. The number of ether oxygens (including phenoxy) is 1. The molecule has 0 aliphatic carbocycles. The lowest BCUT2D eigenvalue weighted by atomic mass is 10.0. The van der Waals surface area contributed by atoms with Gasteiger partial charge in [-0.2, -0.15) is 0 Å². The Kier molecular flexibility index (Phi) is 6.47. The van der Waals surface area contributed by atoms with Gasteiger partial charge in [0.1, 0.15) is 11.6 Å². The smallest absolute Gasteiger partial charge is 0.411 e. The van der Waals surface area contributed by atoms with Crippen molar-refractivity contribution in [3.63, 3.8) is 0 Å². The van der Waals surface area contributed by atoms with Gasteiger partial charge in [-0.25, -0.2) is 9.78 Å². The van der Waals surface area contributed by atoms with Crippen LogP contribution in [0.5, 0.6) is 0 Å². The molecule has 0 saturated carbocycles. The van der Waals surface area contributed by atoms with Crippen LogP contribution in [0.3, 0.4) is 0 Å². The van der Waals surface area contributed by atoms with E-state index in [-0.39, 0.29) is 24.9 Å². The summed E-state index contributed by atoms with van der Waals surface area (Å²) < 4.78 is 5.39. The molecule has 0 bridgehead atoms. The second-order valence-electron chi connectivity index (χ2n) is 8.66. The number of benzene rings is 1. The number of rotatable bonds is 4. The number of nitrogens with zero attached hydrogens (tertiary/aromatic N) is 2. The molecule has 1 saturated heterocycles. The fraction of sp³-hybridized carbons (Fsp3) is 0.500. The Morgan fingerprint density at radius 2 is 1.97 bits per heavy atom. The lowest BCUT2D eigenvalue weighted by Crippen LogP contribution is -2.48. The van der Waals surface area contributed by atoms with Crippen LogP contribution in [0.2, 0.25) is 0 Å². The van der Waals surface area contributed by atoms with Crippen molar-refractivity contribution in [3.8, 4) is 10.4 Å². The van der Waals surface area contributed by atoms with Gasteiger partial charge in [0.2, 0.25) is 5.91 Å². The summed E-state index contributed by atoms with van der Waals surface area (Å²) in [6.07, 6.45) is -1.14. The van der Waals surface area contributed by atoms with Gasteiger partial charge in [0.05, 0.1) is 34.8 Å². The summed E-state index contributed by atoms with van der Waals surface area (Å²) >= 11 is 1.60. The predicted molar refractivity (Wildman–Crippen MR) is 116 cm³/mol. The number of carbonyl (C=O) groups is 2. The predicted octanol–water partition coefficient (Wildman–Crippen LogP) is 3.67. The Morgan fingerprint density at radius 3 is 2.53 bits per heavy atom. The van der Waals surface area contributed by atoms with Crippen molar-refractivity contribution in [2.45, 2.75) is 64.8 Å². The highest BCUT2D eigenvalue weighted by Gasteiger charge is 2.41. The average molecular weight is 432 g/mol. The molecule has 8 heteroatoms.